The summed E-state index contributed by atoms with van der Waals surface area (Å²) in [6, 6.07) is -1.47. The van der Waals surface area contributed by atoms with Gasteiger partial charge < -0.3 is 25.2 Å². The molecule has 10 nitrogen and oxygen atoms in total. The molecule has 0 aromatic carbocycles. The Labute approximate surface area is 331 Å². The van der Waals surface area contributed by atoms with Crippen LogP contribution in [0.2, 0.25) is 0 Å². The lowest BCUT2D eigenvalue weighted by atomic mass is 10.0. The van der Waals surface area contributed by atoms with Crippen molar-refractivity contribution in [2.75, 3.05) is 26.4 Å². The Morgan fingerprint density at radius 2 is 0.852 bits per heavy atom. The van der Waals surface area contributed by atoms with Crippen LogP contribution in [0, 0.1) is 0 Å². The number of hydrogen-bond donors (Lipinski definition) is 3. The molecule has 0 heterocycles. The van der Waals surface area contributed by atoms with Crippen LogP contribution in [0.4, 0.5) is 0 Å². The monoisotopic (exact) mass is 792 g/mol. The van der Waals surface area contributed by atoms with Crippen LogP contribution in [0.15, 0.2) is 0 Å². The normalized spacial score (nSPS) is 13.9. The molecule has 322 valence electrons. The second kappa shape index (κ2) is 40.2. The average molecular weight is 792 g/mol. The molecule has 0 aliphatic carbocycles. The van der Waals surface area contributed by atoms with E-state index in [9.17, 15) is 19.0 Å². The molecular weight excluding hydrogens is 705 g/mol. The summed E-state index contributed by atoms with van der Waals surface area (Å²) >= 11 is 0. The Balaban J connectivity index is 3.95. The number of carbonyl (C=O) groups excluding carboxylic acids is 1. The minimum Gasteiger partial charge on any atom is -0.480 e. The Morgan fingerprint density at radius 1 is 0.519 bits per heavy atom. The number of esters is 1. The predicted octanol–water partition coefficient (Wildman–Crippen LogP) is 12.4. The van der Waals surface area contributed by atoms with Crippen molar-refractivity contribution in [1.82, 2.24) is 0 Å². The number of carboxylic acids is 1. The van der Waals surface area contributed by atoms with Gasteiger partial charge in [-0.2, -0.15) is 0 Å². The van der Waals surface area contributed by atoms with E-state index in [1.54, 1.807) is 0 Å². The molecule has 11 heteroatoms. The zero-order valence-corrected chi connectivity index (χ0v) is 36.0. The fourth-order valence-electron chi connectivity index (χ4n) is 6.61. The van der Waals surface area contributed by atoms with E-state index < -0.39 is 45.1 Å². The van der Waals surface area contributed by atoms with E-state index in [0.29, 0.717) is 6.61 Å². The van der Waals surface area contributed by atoms with Crippen molar-refractivity contribution in [3.63, 3.8) is 0 Å². The van der Waals surface area contributed by atoms with E-state index in [4.69, 9.17) is 29.4 Å². The van der Waals surface area contributed by atoms with Crippen LogP contribution in [-0.2, 0) is 32.7 Å². The van der Waals surface area contributed by atoms with Gasteiger partial charge in [0, 0.05) is 13.0 Å². The van der Waals surface area contributed by atoms with Crippen LogP contribution in [0.3, 0.4) is 0 Å². The zero-order chi connectivity index (χ0) is 39.8. The highest BCUT2D eigenvalue weighted by Gasteiger charge is 2.27. The van der Waals surface area contributed by atoms with E-state index in [0.717, 1.165) is 44.9 Å². The van der Waals surface area contributed by atoms with E-state index in [2.05, 4.69) is 13.8 Å². The van der Waals surface area contributed by atoms with Crippen molar-refractivity contribution < 1.29 is 42.7 Å². The first-order valence-electron chi connectivity index (χ1n) is 22.6. The maximum atomic E-state index is 12.5. The first-order valence-corrected chi connectivity index (χ1v) is 24.1. The first-order chi connectivity index (χ1) is 26.2. The molecule has 54 heavy (non-hydrogen) atoms. The standard InChI is InChI=1S/C43H86NO9P/c1-3-5-7-9-11-13-14-15-16-17-18-19-20-21-22-23-24-25-26-27-28-30-32-34-36-50-37-40(38-51-54(48,49)52-39-41(44)43(46)47)53-42(45)35-33-31-29-12-10-8-6-4-2/h40-41H,3-39,44H2,1-2H3,(H,46,47)(H,48,49). The van der Waals surface area contributed by atoms with Gasteiger partial charge in [-0.05, 0) is 12.8 Å². The Hall–Kier alpha value is -1.03. The van der Waals surface area contributed by atoms with E-state index >= 15 is 0 Å². The number of unbranched alkanes of at least 4 members (excludes halogenated alkanes) is 30. The summed E-state index contributed by atoms with van der Waals surface area (Å²) in [5.41, 5.74) is 5.34. The summed E-state index contributed by atoms with van der Waals surface area (Å²) in [7, 11) is -4.60. The highest BCUT2D eigenvalue weighted by atomic mass is 31.2. The highest BCUT2D eigenvalue weighted by molar-refractivity contribution is 7.47. The minimum atomic E-state index is -4.60. The van der Waals surface area contributed by atoms with E-state index in [1.807, 2.05) is 0 Å². The summed E-state index contributed by atoms with van der Waals surface area (Å²) in [6.45, 7) is 3.89. The quantitative estimate of drug-likeness (QED) is 0.0308. The third-order valence-corrected chi connectivity index (χ3v) is 11.1. The molecule has 0 amide bonds. The molecule has 3 unspecified atom stereocenters. The molecule has 0 aromatic heterocycles. The van der Waals surface area contributed by atoms with Crippen molar-refractivity contribution in [3.05, 3.63) is 0 Å². The lowest BCUT2D eigenvalue weighted by Gasteiger charge is -2.20. The summed E-state index contributed by atoms with van der Waals surface area (Å²) in [6.07, 6.45) is 40.5. The van der Waals surface area contributed by atoms with Gasteiger partial charge in [0.05, 0.1) is 19.8 Å². The lowest BCUT2D eigenvalue weighted by Crippen LogP contribution is -2.34. The average Bonchev–Trinajstić information content (AvgIpc) is 3.15. The van der Waals surface area contributed by atoms with Crippen molar-refractivity contribution in [3.8, 4) is 0 Å². The van der Waals surface area contributed by atoms with Crippen LogP contribution in [0.5, 0.6) is 0 Å². The van der Waals surface area contributed by atoms with Crippen LogP contribution in [0.1, 0.15) is 226 Å². The van der Waals surface area contributed by atoms with Crippen molar-refractivity contribution in [2.24, 2.45) is 5.73 Å². The third-order valence-electron chi connectivity index (χ3n) is 10.1. The lowest BCUT2D eigenvalue weighted by molar-refractivity contribution is -0.154. The number of nitrogens with two attached hydrogens (primary N) is 1. The van der Waals surface area contributed by atoms with Gasteiger partial charge in [0.1, 0.15) is 12.1 Å². The fraction of sp³-hybridized carbons (Fsp3) is 0.953. The van der Waals surface area contributed by atoms with Gasteiger partial charge in [0.2, 0.25) is 0 Å². The number of carboxylic acid groups (broad SMARTS) is 1. The minimum absolute atomic E-state index is 0.0250. The van der Waals surface area contributed by atoms with Crippen molar-refractivity contribution >= 4 is 19.8 Å². The predicted molar refractivity (Wildman–Crippen MR) is 222 cm³/mol. The summed E-state index contributed by atoms with van der Waals surface area (Å²) in [5.74, 6) is -1.77. The van der Waals surface area contributed by atoms with Gasteiger partial charge in [-0.1, -0.05) is 206 Å². The van der Waals surface area contributed by atoms with Crippen LogP contribution >= 0.6 is 7.82 Å². The number of phosphoric ester groups is 1. The van der Waals surface area contributed by atoms with Gasteiger partial charge in [-0.3, -0.25) is 18.6 Å². The molecule has 3 atom stereocenters. The Kier molecular flexibility index (Phi) is 39.4. The van der Waals surface area contributed by atoms with Crippen molar-refractivity contribution in [1.29, 1.82) is 0 Å². The maximum Gasteiger partial charge on any atom is 0.472 e. The second-order valence-corrected chi connectivity index (χ2v) is 17.0. The van der Waals surface area contributed by atoms with E-state index in [1.165, 1.54) is 161 Å². The largest absolute Gasteiger partial charge is 0.480 e. The summed E-state index contributed by atoms with van der Waals surface area (Å²) in [5, 5.41) is 8.87. The van der Waals surface area contributed by atoms with E-state index in [-0.39, 0.29) is 13.0 Å². The van der Waals surface area contributed by atoms with Crippen LogP contribution in [0.25, 0.3) is 0 Å². The number of carbonyl (C=O) groups is 2. The second-order valence-electron chi connectivity index (χ2n) is 15.5. The Bertz CT molecular complexity index is 878. The number of phosphoric acid groups is 1. The van der Waals surface area contributed by atoms with Gasteiger partial charge in [0.25, 0.3) is 0 Å². The number of rotatable bonds is 44. The molecule has 0 saturated heterocycles. The van der Waals surface area contributed by atoms with Gasteiger partial charge in [-0.15, -0.1) is 0 Å². The number of hydrogen-bond acceptors (Lipinski definition) is 8. The summed E-state index contributed by atoms with van der Waals surface area (Å²) in [4.78, 5) is 33.3. The summed E-state index contributed by atoms with van der Waals surface area (Å²) < 4.78 is 33.2. The van der Waals surface area contributed by atoms with Crippen molar-refractivity contribution in [2.45, 2.75) is 238 Å². The molecular formula is C43H86NO9P. The number of ether oxygens (including phenoxy) is 2. The molecule has 0 aromatic rings. The molecule has 0 bridgehead atoms. The van der Waals surface area contributed by atoms with Gasteiger partial charge >= 0.3 is 19.8 Å². The molecule has 0 saturated carbocycles. The molecule has 0 radical (unpaired) electrons. The topological polar surface area (TPSA) is 155 Å². The van der Waals surface area contributed by atoms with Gasteiger partial charge in [-0.25, -0.2) is 4.57 Å². The highest BCUT2D eigenvalue weighted by Crippen LogP contribution is 2.43. The molecule has 0 fully saturated rings. The molecule has 4 N–H and O–H groups in total. The fourth-order valence-corrected chi connectivity index (χ4v) is 7.38. The molecule has 0 spiro atoms. The first kappa shape index (κ1) is 53.0. The van der Waals surface area contributed by atoms with Crippen LogP contribution < -0.4 is 5.73 Å². The molecule has 0 aliphatic heterocycles. The Morgan fingerprint density at radius 3 is 1.22 bits per heavy atom. The van der Waals surface area contributed by atoms with Gasteiger partial charge in [0.15, 0.2) is 0 Å². The smallest absolute Gasteiger partial charge is 0.472 e. The molecule has 0 rings (SSSR count). The SMILES string of the molecule is CCCCCCCCCCCCCCCCCCCCCCCCCCOCC(COP(=O)(O)OCC(N)C(=O)O)OC(=O)CCCCCCCCCC. The molecule has 0 aliphatic rings. The third kappa shape index (κ3) is 39.2. The maximum absolute atomic E-state index is 12.5. The zero-order valence-electron chi connectivity index (χ0n) is 35.1. The van der Waals surface area contributed by atoms with Crippen LogP contribution in [-0.4, -0.2) is 60.5 Å². The number of aliphatic carboxylic acids is 1.